The Hall–Kier alpha value is -1.57. The molecular formula is C18H27Cl2N5O2. The zero-order valence-corrected chi connectivity index (χ0v) is 16.8. The molecule has 27 heavy (non-hydrogen) atoms. The minimum Gasteiger partial charge on any atom is -0.353 e. The van der Waals surface area contributed by atoms with Crippen molar-refractivity contribution in [2.45, 2.75) is 44.2 Å². The van der Waals surface area contributed by atoms with E-state index in [1.807, 2.05) is 17.0 Å². The lowest BCUT2D eigenvalue weighted by atomic mass is 9.89. The summed E-state index contributed by atoms with van der Waals surface area (Å²) < 4.78 is 0. The van der Waals surface area contributed by atoms with Crippen LogP contribution in [0.4, 0.5) is 11.5 Å². The Bertz CT molecular complexity index is 646. The van der Waals surface area contributed by atoms with Crippen LogP contribution in [0.2, 0.25) is 0 Å². The molecule has 2 unspecified atom stereocenters. The first-order chi connectivity index (χ1) is 12.2. The molecule has 1 aromatic heterocycles. The number of nitrogens with zero attached hydrogens (tertiary/aromatic N) is 2. The Kier molecular flexibility index (Phi) is 7.70. The Labute approximate surface area is 171 Å². The van der Waals surface area contributed by atoms with Gasteiger partial charge in [-0.1, -0.05) is 0 Å². The van der Waals surface area contributed by atoms with Crippen LogP contribution in [0.15, 0.2) is 18.3 Å². The fourth-order valence-electron chi connectivity index (χ4n) is 4.30. The number of anilines is 2. The number of nitrogens with one attached hydrogen (secondary N) is 3. The van der Waals surface area contributed by atoms with Crippen molar-refractivity contribution < 1.29 is 9.59 Å². The highest BCUT2D eigenvalue weighted by atomic mass is 35.5. The molecule has 3 N–H and O–H groups in total. The fourth-order valence-corrected chi connectivity index (χ4v) is 4.30. The fraction of sp³-hybridized carbons (Fsp3) is 0.611. The average Bonchev–Trinajstić information content (AvgIpc) is 2.94. The monoisotopic (exact) mass is 415 g/mol. The number of carbonyl (C=O) groups excluding carboxylic acids is 2. The molecule has 0 saturated carbocycles. The number of piperidine rings is 1. The summed E-state index contributed by atoms with van der Waals surface area (Å²) in [5, 5.41) is 9.37. The number of pyridine rings is 1. The molecule has 0 aliphatic carbocycles. The largest absolute Gasteiger partial charge is 0.353 e. The van der Waals surface area contributed by atoms with Crippen LogP contribution >= 0.6 is 24.8 Å². The van der Waals surface area contributed by atoms with Gasteiger partial charge in [-0.3, -0.25) is 9.59 Å². The lowest BCUT2D eigenvalue weighted by molar-refractivity contribution is -0.120. The Morgan fingerprint density at radius 3 is 2.59 bits per heavy atom. The van der Waals surface area contributed by atoms with E-state index < -0.39 is 0 Å². The molecule has 0 spiro atoms. The molecule has 3 saturated heterocycles. The van der Waals surface area contributed by atoms with Gasteiger partial charge in [-0.2, -0.15) is 0 Å². The highest BCUT2D eigenvalue weighted by Gasteiger charge is 2.34. The first-order valence-electron chi connectivity index (χ1n) is 9.19. The van der Waals surface area contributed by atoms with E-state index in [0.717, 1.165) is 25.2 Å². The Balaban J connectivity index is 0.00000131. The zero-order valence-electron chi connectivity index (χ0n) is 15.1. The molecule has 2 bridgehead atoms. The first-order valence-corrected chi connectivity index (χ1v) is 9.19. The van der Waals surface area contributed by atoms with E-state index in [4.69, 9.17) is 0 Å². The minimum atomic E-state index is 0. The van der Waals surface area contributed by atoms with E-state index in [9.17, 15) is 9.59 Å². The highest BCUT2D eigenvalue weighted by molar-refractivity contribution is 5.90. The van der Waals surface area contributed by atoms with Crippen molar-refractivity contribution in [2.75, 3.05) is 29.9 Å². The van der Waals surface area contributed by atoms with E-state index in [0.29, 0.717) is 43.2 Å². The molecule has 3 fully saturated rings. The summed E-state index contributed by atoms with van der Waals surface area (Å²) >= 11 is 0. The van der Waals surface area contributed by atoms with Crippen LogP contribution in [0.25, 0.3) is 0 Å². The second-order valence-corrected chi connectivity index (χ2v) is 7.40. The summed E-state index contributed by atoms with van der Waals surface area (Å²) in [4.78, 5) is 30.1. The number of fused-ring (bicyclic) bond motifs is 2. The van der Waals surface area contributed by atoms with Crippen LogP contribution in [-0.4, -0.2) is 48.5 Å². The van der Waals surface area contributed by atoms with Crippen molar-refractivity contribution in [3.63, 3.8) is 0 Å². The molecule has 4 heterocycles. The standard InChI is InChI=1S/C18H25N5O2.2ClH/c24-17(9-12-7-13-1-2-14(8-12)21-13)22-15-3-4-16(20-10-15)23-6-5-19-18(25)11-23;;/h3-4,10,12-14,21H,1-2,5-9,11H2,(H,19,25)(H,22,24);2*1H. The number of piperazine rings is 1. The minimum absolute atomic E-state index is 0. The lowest BCUT2D eigenvalue weighted by Gasteiger charge is -2.28. The SMILES string of the molecule is Cl.Cl.O=C1CN(c2ccc(NC(=O)CC3CC4CCC(C3)N4)cn2)CCN1. The third-order valence-electron chi connectivity index (χ3n) is 5.44. The molecular weight excluding hydrogens is 389 g/mol. The van der Waals surface area contributed by atoms with E-state index in [1.54, 1.807) is 6.20 Å². The van der Waals surface area contributed by atoms with Crippen molar-refractivity contribution in [2.24, 2.45) is 5.92 Å². The highest BCUT2D eigenvalue weighted by Crippen LogP contribution is 2.32. The van der Waals surface area contributed by atoms with Crippen molar-refractivity contribution in [1.29, 1.82) is 0 Å². The van der Waals surface area contributed by atoms with Crippen molar-refractivity contribution in [3.05, 3.63) is 18.3 Å². The molecule has 3 aliphatic rings. The van der Waals surface area contributed by atoms with E-state index in [-0.39, 0.29) is 36.6 Å². The number of hydrogen-bond donors (Lipinski definition) is 3. The van der Waals surface area contributed by atoms with Gasteiger partial charge in [-0.05, 0) is 43.7 Å². The van der Waals surface area contributed by atoms with Gasteiger partial charge in [0.15, 0.2) is 0 Å². The number of halogens is 2. The predicted molar refractivity (Wildman–Crippen MR) is 110 cm³/mol. The van der Waals surface area contributed by atoms with Crippen molar-refractivity contribution >= 4 is 48.1 Å². The maximum Gasteiger partial charge on any atom is 0.239 e. The normalized spacial score (nSPS) is 26.4. The summed E-state index contributed by atoms with van der Waals surface area (Å²) in [6.07, 6.45) is 6.98. The Morgan fingerprint density at radius 2 is 1.96 bits per heavy atom. The summed E-state index contributed by atoms with van der Waals surface area (Å²) in [7, 11) is 0. The molecule has 0 aromatic carbocycles. The number of rotatable bonds is 4. The van der Waals surface area contributed by atoms with Crippen molar-refractivity contribution in [3.8, 4) is 0 Å². The number of hydrogen-bond acceptors (Lipinski definition) is 5. The Morgan fingerprint density at radius 1 is 1.22 bits per heavy atom. The third kappa shape index (κ3) is 5.46. The maximum absolute atomic E-state index is 12.3. The average molecular weight is 416 g/mol. The van der Waals surface area contributed by atoms with Crippen LogP contribution in [0, 0.1) is 5.92 Å². The molecule has 9 heteroatoms. The number of carbonyl (C=O) groups is 2. The lowest BCUT2D eigenvalue weighted by Crippen LogP contribution is -2.48. The molecule has 150 valence electrons. The van der Waals surface area contributed by atoms with Crippen LogP contribution in [0.5, 0.6) is 0 Å². The first kappa shape index (κ1) is 21.7. The van der Waals surface area contributed by atoms with Crippen LogP contribution < -0.4 is 20.9 Å². The van der Waals surface area contributed by atoms with Gasteiger partial charge in [-0.25, -0.2) is 4.98 Å². The molecule has 7 nitrogen and oxygen atoms in total. The second kappa shape index (κ2) is 9.57. The summed E-state index contributed by atoms with van der Waals surface area (Å²) in [6.45, 7) is 1.72. The van der Waals surface area contributed by atoms with Gasteiger partial charge in [0.2, 0.25) is 11.8 Å². The van der Waals surface area contributed by atoms with Crippen LogP contribution in [0.1, 0.15) is 32.1 Å². The van der Waals surface area contributed by atoms with Gasteiger partial charge < -0.3 is 20.9 Å². The van der Waals surface area contributed by atoms with Gasteiger partial charge in [0.1, 0.15) is 5.82 Å². The summed E-state index contributed by atoms with van der Waals surface area (Å²) in [5.74, 6) is 1.33. The van der Waals surface area contributed by atoms with Gasteiger partial charge >= 0.3 is 0 Å². The number of aromatic nitrogens is 1. The third-order valence-corrected chi connectivity index (χ3v) is 5.44. The van der Waals surface area contributed by atoms with E-state index in [2.05, 4.69) is 20.9 Å². The molecule has 2 amide bonds. The predicted octanol–water partition coefficient (Wildman–Crippen LogP) is 1.72. The molecule has 3 aliphatic heterocycles. The topological polar surface area (TPSA) is 86.4 Å². The molecule has 1 aromatic rings. The van der Waals surface area contributed by atoms with Gasteiger partial charge in [0.25, 0.3) is 0 Å². The molecule has 2 atom stereocenters. The van der Waals surface area contributed by atoms with Crippen LogP contribution in [-0.2, 0) is 9.59 Å². The van der Waals surface area contributed by atoms with Gasteiger partial charge in [0, 0.05) is 31.6 Å². The summed E-state index contributed by atoms with van der Waals surface area (Å²) in [6, 6.07) is 4.94. The van der Waals surface area contributed by atoms with E-state index in [1.165, 1.54) is 12.8 Å². The zero-order chi connectivity index (χ0) is 17.2. The number of amides is 2. The summed E-state index contributed by atoms with van der Waals surface area (Å²) in [5.41, 5.74) is 0.715. The maximum atomic E-state index is 12.3. The van der Waals surface area contributed by atoms with Crippen molar-refractivity contribution in [1.82, 2.24) is 15.6 Å². The second-order valence-electron chi connectivity index (χ2n) is 7.40. The quantitative estimate of drug-likeness (QED) is 0.696. The smallest absolute Gasteiger partial charge is 0.239 e. The van der Waals surface area contributed by atoms with Gasteiger partial charge in [0.05, 0.1) is 18.4 Å². The molecule has 0 radical (unpaired) electrons. The van der Waals surface area contributed by atoms with E-state index >= 15 is 0 Å². The molecule has 4 rings (SSSR count). The van der Waals surface area contributed by atoms with Crippen LogP contribution in [0.3, 0.4) is 0 Å². The van der Waals surface area contributed by atoms with Gasteiger partial charge in [-0.15, -0.1) is 24.8 Å².